The van der Waals surface area contributed by atoms with Gasteiger partial charge in [-0.15, -0.1) is 11.8 Å². The molecule has 0 bridgehead atoms. The van der Waals surface area contributed by atoms with Crippen LogP contribution >= 0.6 is 11.8 Å². The van der Waals surface area contributed by atoms with Crippen molar-refractivity contribution in [3.05, 3.63) is 77.9 Å². The molecule has 2 aromatic rings. The third-order valence-corrected chi connectivity index (χ3v) is 5.75. The molecule has 0 spiro atoms. The summed E-state index contributed by atoms with van der Waals surface area (Å²) in [7, 11) is 0. The first kappa shape index (κ1) is 19.7. The van der Waals surface area contributed by atoms with E-state index in [0.29, 0.717) is 5.75 Å². The van der Waals surface area contributed by atoms with E-state index < -0.39 is 0 Å². The first-order valence-corrected chi connectivity index (χ1v) is 10.6. The number of nitrogens with zero attached hydrogens (tertiary/aromatic N) is 2. The van der Waals surface area contributed by atoms with Gasteiger partial charge in [-0.05, 0) is 50.5 Å². The fraction of sp³-hybridized carbons (Fsp3) is 0.348. The second-order valence-electron chi connectivity index (χ2n) is 7.32. The fourth-order valence-electron chi connectivity index (χ4n) is 3.65. The van der Waals surface area contributed by atoms with Crippen LogP contribution in [0.1, 0.15) is 38.8 Å². The zero-order valence-corrected chi connectivity index (χ0v) is 17.3. The van der Waals surface area contributed by atoms with Crippen molar-refractivity contribution in [2.75, 3.05) is 5.75 Å². The highest BCUT2D eigenvalue weighted by molar-refractivity contribution is 8.01. The predicted octanol–water partition coefficient (Wildman–Crippen LogP) is 5.05. The van der Waals surface area contributed by atoms with Crippen molar-refractivity contribution in [3.63, 3.8) is 0 Å². The number of amides is 1. The van der Waals surface area contributed by atoms with Gasteiger partial charge in [0.2, 0.25) is 5.91 Å². The minimum Gasteiger partial charge on any atom is -0.272 e. The SMILES string of the molecule is CC(C)N(C(C)C)N1C(=O)CSC1C=C(c1ccccc1)c1ccccc1. The normalized spacial score (nSPS) is 17.2. The van der Waals surface area contributed by atoms with Crippen molar-refractivity contribution in [1.82, 2.24) is 10.0 Å². The summed E-state index contributed by atoms with van der Waals surface area (Å²) in [6.07, 6.45) is 2.25. The number of carbonyl (C=O) groups is 1. The number of hydrogen-bond acceptors (Lipinski definition) is 3. The molecule has 1 heterocycles. The third-order valence-electron chi connectivity index (χ3n) is 4.66. The molecule has 1 unspecified atom stereocenters. The Balaban J connectivity index is 2.05. The molecule has 0 aromatic heterocycles. The number of hydrogen-bond donors (Lipinski definition) is 0. The first-order valence-electron chi connectivity index (χ1n) is 9.53. The highest BCUT2D eigenvalue weighted by Gasteiger charge is 2.37. The molecule has 1 aliphatic heterocycles. The predicted molar refractivity (Wildman–Crippen MR) is 115 cm³/mol. The maximum Gasteiger partial charge on any atom is 0.248 e. The molecule has 0 radical (unpaired) electrons. The molecule has 3 nitrogen and oxygen atoms in total. The Morgan fingerprint density at radius 1 is 0.963 bits per heavy atom. The quantitative estimate of drug-likeness (QED) is 0.700. The second kappa shape index (κ2) is 8.77. The molecular formula is C23H28N2OS. The standard InChI is InChI=1S/C23H28N2OS/c1-17(2)24(18(3)4)25-22(26)16-27-23(25)15-21(19-11-7-5-8-12-19)20-13-9-6-10-14-20/h5-15,17-18,23H,16H2,1-4H3. The van der Waals surface area contributed by atoms with Crippen LogP contribution in [-0.4, -0.2) is 39.1 Å². The van der Waals surface area contributed by atoms with Crippen LogP contribution in [0.3, 0.4) is 0 Å². The average molecular weight is 381 g/mol. The van der Waals surface area contributed by atoms with Crippen molar-refractivity contribution in [3.8, 4) is 0 Å². The Hall–Kier alpha value is -2.04. The van der Waals surface area contributed by atoms with E-state index in [2.05, 4.69) is 87.3 Å². The first-order chi connectivity index (χ1) is 13.0. The van der Waals surface area contributed by atoms with Crippen LogP contribution in [0.5, 0.6) is 0 Å². The molecular weight excluding hydrogens is 352 g/mol. The van der Waals surface area contributed by atoms with Crippen molar-refractivity contribution in [1.29, 1.82) is 0 Å². The molecule has 142 valence electrons. The van der Waals surface area contributed by atoms with Crippen LogP contribution in [0.15, 0.2) is 66.7 Å². The van der Waals surface area contributed by atoms with Gasteiger partial charge >= 0.3 is 0 Å². The zero-order valence-electron chi connectivity index (χ0n) is 16.5. The van der Waals surface area contributed by atoms with Crippen LogP contribution in [0, 0.1) is 0 Å². The number of thioether (sulfide) groups is 1. The van der Waals surface area contributed by atoms with E-state index in [9.17, 15) is 4.79 Å². The van der Waals surface area contributed by atoms with Crippen LogP contribution < -0.4 is 0 Å². The molecule has 0 saturated carbocycles. The van der Waals surface area contributed by atoms with Gasteiger partial charge in [0.25, 0.3) is 0 Å². The Morgan fingerprint density at radius 3 is 1.89 bits per heavy atom. The van der Waals surface area contributed by atoms with E-state index in [-0.39, 0.29) is 23.4 Å². The van der Waals surface area contributed by atoms with E-state index in [1.165, 1.54) is 16.7 Å². The van der Waals surface area contributed by atoms with Gasteiger partial charge in [0.15, 0.2) is 0 Å². The van der Waals surface area contributed by atoms with Gasteiger partial charge in [-0.1, -0.05) is 60.7 Å². The highest BCUT2D eigenvalue weighted by Crippen LogP contribution is 2.34. The molecule has 2 aromatic carbocycles. The summed E-state index contributed by atoms with van der Waals surface area (Å²) in [5.41, 5.74) is 3.51. The molecule has 3 rings (SSSR count). The van der Waals surface area contributed by atoms with Crippen LogP contribution in [0.2, 0.25) is 0 Å². The summed E-state index contributed by atoms with van der Waals surface area (Å²) in [5.74, 6) is 0.706. The van der Waals surface area contributed by atoms with E-state index in [4.69, 9.17) is 0 Å². The lowest BCUT2D eigenvalue weighted by molar-refractivity contribution is -0.152. The Bertz CT molecular complexity index is 737. The van der Waals surface area contributed by atoms with Gasteiger partial charge in [0.05, 0.1) is 5.75 Å². The summed E-state index contributed by atoms with van der Waals surface area (Å²) < 4.78 is 0. The minimum atomic E-state index is -0.00212. The Labute approximate surface area is 167 Å². The van der Waals surface area contributed by atoms with Gasteiger partial charge in [-0.3, -0.25) is 9.80 Å². The van der Waals surface area contributed by atoms with Crippen molar-refractivity contribution >= 4 is 23.2 Å². The molecule has 1 saturated heterocycles. The molecule has 1 fully saturated rings. The summed E-state index contributed by atoms with van der Waals surface area (Å²) >= 11 is 1.70. The number of hydrazine groups is 1. The van der Waals surface area contributed by atoms with Crippen LogP contribution in [0.4, 0.5) is 0 Å². The van der Waals surface area contributed by atoms with Gasteiger partial charge in [0, 0.05) is 12.1 Å². The smallest absolute Gasteiger partial charge is 0.248 e. The molecule has 4 heteroatoms. The van der Waals surface area contributed by atoms with E-state index >= 15 is 0 Å². The number of benzene rings is 2. The zero-order chi connectivity index (χ0) is 19.4. The van der Waals surface area contributed by atoms with Gasteiger partial charge in [-0.2, -0.15) is 0 Å². The summed E-state index contributed by atoms with van der Waals surface area (Å²) in [6, 6.07) is 21.4. The fourth-order valence-corrected chi connectivity index (χ4v) is 4.69. The third kappa shape index (κ3) is 4.45. The largest absolute Gasteiger partial charge is 0.272 e. The van der Waals surface area contributed by atoms with Crippen LogP contribution in [-0.2, 0) is 4.79 Å². The van der Waals surface area contributed by atoms with E-state index in [1.54, 1.807) is 11.8 Å². The minimum absolute atomic E-state index is 0.00212. The molecule has 27 heavy (non-hydrogen) atoms. The lowest BCUT2D eigenvalue weighted by atomic mass is 9.97. The second-order valence-corrected chi connectivity index (χ2v) is 8.42. The molecule has 0 aliphatic carbocycles. The lowest BCUT2D eigenvalue weighted by Crippen LogP contribution is -2.53. The van der Waals surface area contributed by atoms with Gasteiger partial charge < -0.3 is 0 Å². The van der Waals surface area contributed by atoms with E-state index in [0.717, 1.165) is 0 Å². The monoisotopic (exact) mass is 380 g/mol. The summed E-state index contributed by atoms with van der Waals surface area (Å²) in [5, 5.41) is 4.17. The number of carbonyl (C=O) groups excluding carboxylic acids is 1. The topological polar surface area (TPSA) is 23.6 Å². The Kier molecular flexibility index (Phi) is 6.40. The van der Waals surface area contributed by atoms with Gasteiger partial charge in [-0.25, -0.2) is 5.01 Å². The van der Waals surface area contributed by atoms with E-state index in [1.807, 2.05) is 17.1 Å². The molecule has 1 amide bonds. The summed E-state index contributed by atoms with van der Waals surface area (Å²) in [6.45, 7) is 8.58. The maximum absolute atomic E-state index is 12.7. The number of rotatable bonds is 6. The average Bonchev–Trinajstić information content (AvgIpc) is 3.01. The maximum atomic E-state index is 12.7. The molecule has 0 N–H and O–H groups in total. The van der Waals surface area contributed by atoms with Crippen molar-refractivity contribution in [2.45, 2.75) is 45.2 Å². The lowest BCUT2D eigenvalue weighted by Gasteiger charge is -2.40. The summed E-state index contributed by atoms with van der Waals surface area (Å²) in [4.78, 5) is 12.7. The van der Waals surface area contributed by atoms with Crippen molar-refractivity contribution in [2.24, 2.45) is 0 Å². The van der Waals surface area contributed by atoms with Crippen molar-refractivity contribution < 1.29 is 4.79 Å². The molecule has 1 atom stereocenters. The Morgan fingerprint density at radius 2 is 1.44 bits per heavy atom. The van der Waals surface area contributed by atoms with Crippen LogP contribution in [0.25, 0.3) is 5.57 Å². The molecule has 1 aliphatic rings. The highest BCUT2D eigenvalue weighted by atomic mass is 32.2. The van der Waals surface area contributed by atoms with Gasteiger partial charge in [0.1, 0.15) is 5.37 Å².